The summed E-state index contributed by atoms with van der Waals surface area (Å²) in [6, 6.07) is 5.11. The first kappa shape index (κ1) is 14.9. The summed E-state index contributed by atoms with van der Waals surface area (Å²) in [6.07, 6.45) is 1.74. The van der Waals surface area contributed by atoms with Crippen molar-refractivity contribution in [1.29, 1.82) is 0 Å². The molecule has 100 valence electrons. The first-order chi connectivity index (χ1) is 9.01. The van der Waals surface area contributed by atoms with Crippen molar-refractivity contribution in [2.45, 2.75) is 12.3 Å². The van der Waals surface area contributed by atoms with Gasteiger partial charge in [0.25, 0.3) is 0 Å². The first-order valence-electron chi connectivity index (χ1n) is 5.35. The zero-order chi connectivity index (χ0) is 14.0. The summed E-state index contributed by atoms with van der Waals surface area (Å²) in [4.78, 5) is 4.25. The van der Waals surface area contributed by atoms with E-state index >= 15 is 0 Å². The highest BCUT2D eigenvalue weighted by Gasteiger charge is 2.10. The summed E-state index contributed by atoms with van der Waals surface area (Å²) < 4.78 is 5.67. The number of pyridine rings is 1. The van der Waals surface area contributed by atoms with E-state index in [9.17, 15) is 0 Å². The van der Waals surface area contributed by atoms with E-state index in [2.05, 4.69) is 20.9 Å². The first-order valence-corrected chi connectivity index (χ1v) is 7.60. The minimum absolute atomic E-state index is 0.385. The molecule has 0 radical (unpaired) electrons. The minimum Gasteiger partial charge on any atom is -0.437 e. The van der Waals surface area contributed by atoms with Crippen molar-refractivity contribution in [2.24, 2.45) is 0 Å². The highest BCUT2D eigenvalue weighted by Crippen LogP contribution is 2.36. The third-order valence-corrected chi connectivity index (χ3v) is 4.09. The van der Waals surface area contributed by atoms with Gasteiger partial charge < -0.3 is 4.74 Å². The number of aromatic nitrogens is 1. The van der Waals surface area contributed by atoms with Gasteiger partial charge >= 0.3 is 0 Å². The van der Waals surface area contributed by atoms with Crippen LogP contribution in [-0.4, -0.2) is 4.98 Å². The van der Waals surface area contributed by atoms with Crippen molar-refractivity contribution in [3.05, 3.63) is 50.6 Å². The Kier molecular flexibility index (Phi) is 4.96. The second-order valence-electron chi connectivity index (χ2n) is 3.90. The summed E-state index contributed by atoms with van der Waals surface area (Å²) in [5, 5.41) is 1.91. The van der Waals surface area contributed by atoms with E-state index in [1.54, 1.807) is 18.3 Å². The molecule has 0 aliphatic rings. The van der Waals surface area contributed by atoms with Crippen LogP contribution in [0.1, 0.15) is 11.1 Å². The number of ether oxygens (including phenoxy) is 1. The van der Waals surface area contributed by atoms with Gasteiger partial charge in [0, 0.05) is 23.2 Å². The van der Waals surface area contributed by atoms with Gasteiger partial charge in [-0.15, -0.1) is 0 Å². The van der Waals surface area contributed by atoms with Gasteiger partial charge in [0.05, 0.1) is 15.1 Å². The summed E-state index contributed by atoms with van der Waals surface area (Å²) in [6.45, 7) is 1.92. The molecule has 2 nitrogen and oxygen atoms in total. The molecule has 1 heterocycles. The van der Waals surface area contributed by atoms with Crippen molar-refractivity contribution in [1.82, 2.24) is 4.98 Å². The van der Waals surface area contributed by atoms with E-state index in [-0.39, 0.29) is 0 Å². The molecule has 0 saturated heterocycles. The van der Waals surface area contributed by atoms with Crippen LogP contribution in [0.25, 0.3) is 0 Å². The molecule has 6 heteroatoms. The molecule has 0 aliphatic heterocycles. The summed E-state index contributed by atoms with van der Waals surface area (Å²) in [5.41, 5.74) is 1.99. The van der Waals surface area contributed by atoms with Gasteiger partial charge in [0.1, 0.15) is 5.75 Å². The fourth-order valence-corrected chi connectivity index (χ4v) is 2.37. The summed E-state index contributed by atoms with van der Waals surface area (Å²) >= 11 is 21.2. The molecule has 19 heavy (non-hydrogen) atoms. The average molecular weight is 381 g/mol. The Hall–Kier alpha value is -0.480. The van der Waals surface area contributed by atoms with E-state index in [0.29, 0.717) is 26.7 Å². The molecule has 0 aliphatic carbocycles. The predicted molar refractivity (Wildman–Crippen MR) is 83.2 cm³/mol. The number of halogens is 4. The molecule has 1 aromatic carbocycles. The molecule has 0 saturated carbocycles. The highest BCUT2D eigenvalue weighted by molar-refractivity contribution is 9.08. The third kappa shape index (κ3) is 3.54. The Bertz CT molecular complexity index is 619. The maximum absolute atomic E-state index is 6.06. The molecule has 0 atom stereocenters. The maximum atomic E-state index is 6.06. The number of benzene rings is 1. The van der Waals surface area contributed by atoms with Crippen molar-refractivity contribution in [3.63, 3.8) is 0 Å². The zero-order valence-corrected chi connectivity index (χ0v) is 13.7. The van der Waals surface area contributed by atoms with Crippen LogP contribution >= 0.6 is 50.7 Å². The lowest BCUT2D eigenvalue weighted by Gasteiger charge is -2.10. The molecular formula is C13H9BrCl3NO. The molecule has 0 bridgehead atoms. The van der Waals surface area contributed by atoms with E-state index in [1.807, 2.05) is 13.0 Å². The van der Waals surface area contributed by atoms with Gasteiger partial charge in [-0.3, -0.25) is 0 Å². The van der Waals surface area contributed by atoms with Gasteiger partial charge in [-0.05, 0) is 24.6 Å². The molecule has 0 spiro atoms. The fraction of sp³-hybridized carbons (Fsp3) is 0.154. The van der Waals surface area contributed by atoms with Crippen LogP contribution in [0.3, 0.4) is 0 Å². The van der Waals surface area contributed by atoms with Crippen molar-refractivity contribution >= 4 is 50.7 Å². The lowest BCUT2D eigenvalue weighted by atomic mass is 10.2. The number of hydrogen-bond acceptors (Lipinski definition) is 2. The predicted octanol–water partition coefficient (Wildman–Crippen LogP) is 6.04. The van der Waals surface area contributed by atoms with Crippen LogP contribution in [0, 0.1) is 6.92 Å². The van der Waals surface area contributed by atoms with Crippen LogP contribution in [0.4, 0.5) is 0 Å². The lowest BCUT2D eigenvalue weighted by Crippen LogP contribution is -1.93. The van der Waals surface area contributed by atoms with E-state index in [1.165, 1.54) is 0 Å². The molecule has 0 unspecified atom stereocenters. The molecule has 0 amide bonds. The SMILES string of the molecule is Cc1cc(CBr)cnc1Oc1cc(Cl)c(Cl)cc1Cl. The Morgan fingerprint density at radius 2 is 1.79 bits per heavy atom. The standard InChI is InChI=1S/C13H9BrCl3NO/c1-7-2-8(5-14)6-18-13(7)19-12-4-10(16)9(15)3-11(12)17/h2-4,6H,5H2,1H3. The molecular weight excluding hydrogens is 372 g/mol. The normalized spacial score (nSPS) is 10.6. The monoisotopic (exact) mass is 379 g/mol. The number of hydrogen-bond donors (Lipinski definition) is 0. The fourth-order valence-electron chi connectivity index (χ4n) is 1.49. The summed E-state index contributed by atoms with van der Waals surface area (Å²) in [5.74, 6) is 0.920. The van der Waals surface area contributed by atoms with Crippen LogP contribution in [-0.2, 0) is 5.33 Å². The van der Waals surface area contributed by atoms with Crippen LogP contribution in [0.2, 0.25) is 15.1 Å². The van der Waals surface area contributed by atoms with Crippen LogP contribution in [0.5, 0.6) is 11.6 Å². The van der Waals surface area contributed by atoms with Crippen molar-refractivity contribution in [3.8, 4) is 11.6 Å². The number of rotatable bonds is 3. The van der Waals surface area contributed by atoms with Crippen LogP contribution in [0.15, 0.2) is 24.4 Å². The van der Waals surface area contributed by atoms with Gasteiger partial charge in [-0.25, -0.2) is 4.98 Å². The molecule has 0 N–H and O–H groups in total. The Labute approximate surface area is 134 Å². The Morgan fingerprint density at radius 3 is 2.42 bits per heavy atom. The topological polar surface area (TPSA) is 22.1 Å². The number of aryl methyl sites for hydroxylation is 1. The number of alkyl halides is 1. The lowest BCUT2D eigenvalue weighted by molar-refractivity contribution is 0.459. The van der Waals surface area contributed by atoms with E-state index in [0.717, 1.165) is 16.5 Å². The van der Waals surface area contributed by atoms with Crippen LogP contribution < -0.4 is 4.74 Å². The Morgan fingerprint density at radius 1 is 1.11 bits per heavy atom. The largest absolute Gasteiger partial charge is 0.437 e. The smallest absolute Gasteiger partial charge is 0.222 e. The quantitative estimate of drug-likeness (QED) is 0.478. The van der Waals surface area contributed by atoms with Gasteiger partial charge in [0.15, 0.2) is 0 Å². The average Bonchev–Trinajstić information content (AvgIpc) is 2.38. The zero-order valence-electron chi connectivity index (χ0n) is 9.88. The number of nitrogens with zero attached hydrogens (tertiary/aromatic N) is 1. The molecule has 2 rings (SSSR count). The molecule has 1 aromatic heterocycles. The van der Waals surface area contributed by atoms with Crippen molar-refractivity contribution < 1.29 is 4.74 Å². The second kappa shape index (κ2) is 6.31. The minimum atomic E-state index is 0.385. The van der Waals surface area contributed by atoms with Crippen molar-refractivity contribution in [2.75, 3.05) is 0 Å². The van der Waals surface area contributed by atoms with E-state index in [4.69, 9.17) is 39.5 Å². The van der Waals surface area contributed by atoms with Gasteiger partial charge in [0.2, 0.25) is 5.88 Å². The Balaban J connectivity index is 2.33. The van der Waals surface area contributed by atoms with Gasteiger partial charge in [-0.2, -0.15) is 0 Å². The third-order valence-electron chi connectivity index (χ3n) is 2.42. The van der Waals surface area contributed by atoms with Gasteiger partial charge in [-0.1, -0.05) is 50.7 Å². The molecule has 0 fully saturated rings. The van der Waals surface area contributed by atoms with E-state index < -0.39 is 0 Å². The second-order valence-corrected chi connectivity index (χ2v) is 5.68. The maximum Gasteiger partial charge on any atom is 0.222 e. The highest BCUT2D eigenvalue weighted by atomic mass is 79.9. The molecule has 2 aromatic rings. The summed E-state index contributed by atoms with van der Waals surface area (Å²) in [7, 11) is 0.